The van der Waals surface area contributed by atoms with Crippen molar-refractivity contribution in [2.24, 2.45) is 5.10 Å². The lowest BCUT2D eigenvalue weighted by atomic mass is 9.94. The molecule has 4 rings (SSSR count). The fourth-order valence-corrected chi connectivity index (χ4v) is 4.42. The van der Waals surface area contributed by atoms with Crippen molar-refractivity contribution in [3.8, 4) is 0 Å². The second-order valence-corrected chi connectivity index (χ2v) is 10.2. The van der Waals surface area contributed by atoms with Crippen molar-refractivity contribution in [3.63, 3.8) is 0 Å². The fourth-order valence-electron chi connectivity index (χ4n) is 3.60. The lowest BCUT2D eigenvalue weighted by Gasteiger charge is -2.12. The van der Waals surface area contributed by atoms with Gasteiger partial charge in [0.15, 0.2) is 0 Å². The minimum atomic E-state index is -3.82. The van der Waals surface area contributed by atoms with Gasteiger partial charge in [0.2, 0.25) is 0 Å². The van der Waals surface area contributed by atoms with E-state index >= 15 is 0 Å². The van der Waals surface area contributed by atoms with Crippen LogP contribution in [0, 0.1) is 20.8 Å². The first kappa shape index (κ1) is 24.2. The zero-order valence-electron chi connectivity index (χ0n) is 20.1. The third-order valence-electron chi connectivity index (χ3n) is 5.69. The maximum Gasteiger partial charge on any atom is 0.276 e. The molecule has 0 radical (unpaired) electrons. The first-order valence-corrected chi connectivity index (χ1v) is 12.9. The topological polar surface area (TPSA) is 58.5 Å². The Morgan fingerprint density at radius 1 is 0.629 bits per heavy atom. The highest BCUT2D eigenvalue weighted by Gasteiger charge is 2.14. The highest BCUT2D eigenvalue weighted by Crippen LogP contribution is 2.25. The predicted octanol–water partition coefficient (Wildman–Crippen LogP) is 6.43. The highest BCUT2D eigenvalue weighted by atomic mass is 32.2. The second-order valence-electron chi connectivity index (χ2n) is 8.56. The summed E-state index contributed by atoms with van der Waals surface area (Å²) in [6, 6.07) is 32.8. The molecule has 0 aliphatic rings. The molecule has 0 aromatic heterocycles. The number of nitrogens with one attached hydrogen (secondary N) is 1. The quantitative estimate of drug-likeness (QED) is 0.245. The number of benzene rings is 4. The minimum absolute atomic E-state index is 0.167. The summed E-state index contributed by atoms with van der Waals surface area (Å²) in [5, 5.41) is 4.39. The van der Waals surface area contributed by atoms with Crippen LogP contribution in [0.3, 0.4) is 0 Å². The molecule has 0 amide bonds. The lowest BCUT2D eigenvalue weighted by Crippen LogP contribution is -2.20. The van der Waals surface area contributed by atoms with Gasteiger partial charge in [-0.1, -0.05) is 108 Å². The van der Waals surface area contributed by atoms with Gasteiger partial charge in [0.1, 0.15) is 0 Å². The lowest BCUT2D eigenvalue weighted by molar-refractivity contribution is 0.584. The molecule has 0 heterocycles. The molecule has 0 saturated heterocycles. The number of rotatable bonds is 7. The SMILES string of the molecule is Cc1ccc(C(=C/C(=N\NS(=O)(=O)c2ccc(C)cc2)c2ccccc2)c2ccc(C)cc2)cc1. The van der Waals surface area contributed by atoms with Crippen molar-refractivity contribution >= 4 is 21.3 Å². The van der Waals surface area contributed by atoms with Crippen LogP contribution in [0.4, 0.5) is 0 Å². The molecule has 0 aliphatic heterocycles. The van der Waals surface area contributed by atoms with Gasteiger partial charge >= 0.3 is 0 Å². The maximum absolute atomic E-state index is 12.9. The summed E-state index contributed by atoms with van der Waals surface area (Å²) in [7, 11) is -3.82. The monoisotopic (exact) mass is 480 g/mol. The Morgan fingerprint density at radius 3 is 1.57 bits per heavy atom. The summed E-state index contributed by atoms with van der Waals surface area (Å²) in [6.45, 7) is 6.02. The molecular weight excluding hydrogens is 452 g/mol. The average Bonchev–Trinajstić information content (AvgIpc) is 2.86. The summed E-state index contributed by atoms with van der Waals surface area (Å²) in [6.07, 6.45) is 1.93. The molecule has 35 heavy (non-hydrogen) atoms. The number of hydrazone groups is 1. The van der Waals surface area contributed by atoms with Crippen LogP contribution >= 0.6 is 0 Å². The van der Waals surface area contributed by atoms with Crippen molar-refractivity contribution < 1.29 is 8.42 Å². The van der Waals surface area contributed by atoms with Crippen LogP contribution in [-0.2, 0) is 10.0 Å². The molecule has 0 bridgehead atoms. The third-order valence-corrected chi connectivity index (χ3v) is 6.92. The van der Waals surface area contributed by atoms with Crippen LogP contribution < -0.4 is 4.83 Å². The molecule has 4 aromatic carbocycles. The summed E-state index contributed by atoms with van der Waals surface area (Å²) in [5.74, 6) is 0. The van der Waals surface area contributed by atoms with Gasteiger partial charge in [0.05, 0.1) is 10.6 Å². The molecule has 4 aromatic rings. The number of nitrogens with zero attached hydrogens (tertiary/aromatic N) is 1. The van der Waals surface area contributed by atoms with E-state index in [-0.39, 0.29) is 4.90 Å². The molecule has 0 unspecified atom stereocenters. The number of hydrogen-bond acceptors (Lipinski definition) is 3. The number of sulfonamides is 1. The van der Waals surface area contributed by atoms with E-state index in [0.717, 1.165) is 27.8 Å². The van der Waals surface area contributed by atoms with Crippen molar-refractivity contribution in [1.29, 1.82) is 0 Å². The van der Waals surface area contributed by atoms with Crippen molar-refractivity contribution in [2.75, 3.05) is 0 Å². The van der Waals surface area contributed by atoms with Gasteiger partial charge in [-0.2, -0.15) is 18.4 Å². The van der Waals surface area contributed by atoms with Crippen molar-refractivity contribution in [3.05, 3.63) is 143 Å². The summed E-state index contributed by atoms with van der Waals surface area (Å²) in [5.41, 5.74) is 7.62. The molecule has 176 valence electrons. The Labute approximate surface area is 207 Å². The van der Waals surface area contributed by atoms with Crippen molar-refractivity contribution in [1.82, 2.24) is 4.83 Å². The van der Waals surface area contributed by atoms with E-state index in [1.807, 2.05) is 43.3 Å². The average molecular weight is 481 g/mol. The number of aryl methyl sites for hydroxylation is 3. The standard InChI is InChI=1S/C30H28N2O2S/c1-22-9-15-25(16-10-22)29(26-17-11-23(2)12-18-26)21-30(27-7-5-4-6-8-27)31-32-35(33,34)28-19-13-24(3)14-20-28/h4-21,32H,1-3H3/b31-30+. The maximum atomic E-state index is 12.9. The van der Waals surface area contributed by atoms with Crippen LogP contribution in [0.1, 0.15) is 33.4 Å². The third kappa shape index (κ3) is 6.14. The van der Waals surface area contributed by atoms with Gasteiger partial charge in [0.25, 0.3) is 10.0 Å². The highest BCUT2D eigenvalue weighted by molar-refractivity contribution is 7.89. The Hall–Kier alpha value is -3.96. The molecule has 0 fully saturated rings. The van der Waals surface area contributed by atoms with E-state index in [9.17, 15) is 8.42 Å². The van der Waals surface area contributed by atoms with Crippen LogP contribution in [0.5, 0.6) is 0 Å². The van der Waals surface area contributed by atoms with E-state index in [4.69, 9.17) is 0 Å². The van der Waals surface area contributed by atoms with Gasteiger partial charge in [0, 0.05) is 5.56 Å². The number of hydrogen-bond donors (Lipinski definition) is 1. The van der Waals surface area contributed by atoms with Crippen LogP contribution in [0.15, 0.2) is 119 Å². The van der Waals surface area contributed by atoms with Crippen LogP contribution in [0.25, 0.3) is 5.57 Å². The molecule has 4 nitrogen and oxygen atoms in total. The van der Waals surface area contributed by atoms with E-state index in [2.05, 4.69) is 72.3 Å². The normalized spacial score (nSPS) is 11.7. The number of allylic oxidation sites excluding steroid dienone is 1. The molecule has 0 aliphatic carbocycles. The molecule has 1 N–H and O–H groups in total. The summed E-state index contributed by atoms with van der Waals surface area (Å²) < 4.78 is 25.9. The molecule has 5 heteroatoms. The minimum Gasteiger partial charge on any atom is -0.200 e. The Kier molecular flexibility index (Phi) is 7.28. The van der Waals surface area contributed by atoms with Crippen LogP contribution in [-0.4, -0.2) is 14.1 Å². The van der Waals surface area contributed by atoms with Crippen molar-refractivity contribution in [2.45, 2.75) is 25.7 Å². The Bertz CT molecular complexity index is 1410. The van der Waals surface area contributed by atoms with Gasteiger partial charge in [-0.05, 0) is 55.7 Å². The molecule has 0 atom stereocenters. The van der Waals surface area contributed by atoms with E-state index < -0.39 is 10.0 Å². The largest absolute Gasteiger partial charge is 0.276 e. The molecule has 0 spiro atoms. The Morgan fingerprint density at radius 2 is 1.09 bits per heavy atom. The predicted molar refractivity (Wildman–Crippen MR) is 144 cm³/mol. The molecular formula is C30H28N2O2S. The Balaban J connectivity index is 1.83. The summed E-state index contributed by atoms with van der Waals surface area (Å²) in [4.78, 5) is 2.60. The van der Waals surface area contributed by atoms with Gasteiger partial charge < -0.3 is 0 Å². The van der Waals surface area contributed by atoms with Gasteiger partial charge in [-0.15, -0.1) is 0 Å². The molecule has 0 saturated carbocycles. The van der Waals surface area contributed by atoms with E-state index in [0.29, 0.717) is 5.71 Å². The zero-order valence-corrected chi connectivity index (χ0v) is 20.9. The van der Waals surface area contributed by atoms with E-state index in [1.54, 1.807) is 24.3 Å². The van der Waals surface area contributed by atoms with Gasteiger partial charge in [-0.3, -0.25) is 0 Å². The zero-order chi connectivity index (χ0) is 24.8. The summed E-state index contributed by atoms with van der Waals surface area (Å²) >= 11 is 0. The smallest absolute Gasteiger partial charge is 0.200 e. The second kappa shape index (κ2) is 10.5. The van der Waals surface area contributed by atoms with Gasteiger partial charge in [-0.25, -0.2) is 0 Å². The van der Waals surface area contributed by atoms with Crippen LogP contribution in [0.2, 0.25) is 0 Å². The van der Waals surface area contributed by atoms with E-state index in [1.165, 1.54) is 11.1 Å². The first-order valence-electron chi connectivity index (χ1n) is 11.4. The fraction of sp³-hybridized carbons (Fsp3) is 0.100. The first-order chi connectivity index (χ1) is 16.8.